The lowest BCUT2D eigenvalue weighted by Crippen LogP contribution is -2.36. The number of amides is 1. The van der Waals surface area contributed by atoms with E-state index in [9.17, 15) is 4.79 Å². The van der Waals surface area contributed by atoms with Gasteiger partial charge >= 0.3 is 0 Å². The number of carbonyl (C=O) groups is 1. The fraction of sp³-hybridized carbons (Fsp3) is 0.417. The zero-order valence-corrected chi connectivity index (χ0v) is 10.2. The quantitative estimate of drug-likeness (QED) is 0.842. The summed E-state index contributed by atoms with van der Waals surface area (Å²) in [5.74, 6) is -0.262. The minimum atomic E-state index is -0.262. The van der Waals surface area contributed by atoms with E-state index in [4.69, 9.17) is 10.00 Å². The number of nitrogens with zero attached hydrogens (tertiary/aromatic N) is 2. The van der Waals surface area contributed by atoms with Crippen LogP contribution in [0.25, 0.3) is 0 Å². The molecule has 1 aromatic heterocycles. The van der Waals surface area contributed by atoms with Crippen molar-refractivity contribution < 1.29 is 9.53 Å². The molecule has 1 atom stereocenters. The first-order valence-electron chi connectivity index (χ1n) is 5.26. The molecule has 1 rings (SSSR count). The van der Waals surface area contributed by atoms with Gasteiger partial charge in [0, 0.05) is 13.2 Å². The minimum Gasteiger partial charge on any atom is -0.383 e. The van der Waals surface area contributed by atoms with Gasteiger partial charge in [0.05, 0.1) is 17.9 Å². The molecular formula is C12H15N3O2. The SMILES string of the molecule is COCC(C)NC(=O)c1ccc(C#N)c(C)n1. The largest absolute Gasteiger partial charge is 0.383 e. The lowest BCUT2D eigenvalue weighted by Gasteiger charge is -2.12. The topological polar surface area (TPSA) is 75.0 Å². The highest BCUT2D eigenvalue weighted by atomic mass is 16.5. The number of hydrogen-bond donors (Lipinski definition) is 1. The first kappa shape index (κ1) is 13.1. The summed E-state index contributed by atoms with van der Waals surface area (Å²) in [6.07, 6.45) is 0. The second kappa shape index (κ2) is 5.97. The molecule has 0 spiro atoms. The normalized spacial score (nSPS) is 11.6. The number of hydrogen-bond acceptors (Lipinski definition) is 4. The molecular weight excluding hydrogens is 218 g/mol. The van der Waals surface area contributed by atoms with E-state index in [0.717, 1.165) is 0 Å². The molecule has 0 aliphatic rings. The molecule has 17 heavy (non-hydrogen) atoms. The average molecular weight is 233 g/mol. The van der Waals surface area contributed by atoms with Gasteiger partial charge in [-0.05, 0) is 26.0 Å². The van der Waals surface area contributed by atoms with Crippen LogP contribution in [0.15, 0.2) is 12.1 Å². The molecule has 5 heteroatoms. The van der Waals surface area contributed by atoms with Crippen molar-refractivity contribution >= 4 is 5.91 Å². The van der Waals surface area contributed by atoms with Crippen LogP contribution in [0.2, 0.25) is 0 Å². The highest BCUT2D eigenvalue weighted by molar-refractivity contribution is 5.92. The molecule has 1 N–H and O–H groups in total. The highest BCUT2D eigenvalue weighted by Crippen LogP contribution is 2.05. The van der Waals surface area contributed by atoms with Crippen LogP contribution in [0.1, 0.15) is 28.7 Å². The molecule has 0 aliphatic carbocycles. The third-order valence-electron chi connectivity index (χ3n) is 2.23. The third kappa shape index (κ3) is 3.54. The number of rotatable bonds is 4. The van der Waals surface area contributed by atoms with Crippen LogP contribution in [-0.4, -0.2) is 30.6 Å². The van der Waals surface area contributed by atoms with Gasteiger partial charge in [0.2, 0.25) is 0 Å². The van der Waals surface area contributed by atoms with Gasteiger partial charge in [0.1, 0.15) is 11.8 Å². The number of pyridine rings is 1. The number of aromatic nitrogens is 1. The molecule has 0 bridgehead atoms. The third-order valence-corrected chi connectivity index (χ3v) is 2.23. The molecule has 0 aliphatic heterocycles. The number of nitrogens with one attached hydrogen (secondary N) is 1. The van der Waals surface area contributed by atoms with Crippen molar-refractivity contribution in [2.24, 2.45) is 0 Å². The summed E-state index contributed by atoms with van der Waals surface area (Å²) in [6, 6.07) is 5.07. The van der Waals surface area contributed by atoms with Crippen LogP contribution in [-0.2, 0) is 4.74 Å². The van der Waals surface area contributed by atoms with Gasteiger partial charge in [-0.25, -0.2) is 4.98 Å². The number of methoxy groups -OCH3 is 1. The summed E-state index contributed by atoms with van der Waals surface area (Å²) in [5, 5.41) is 11.5. The Kier molecular flexibility index (Phi) is 4.61. The Morgan fingerprint density at radius 1 is 1.65 bits per heavy atom. The van der Waals surface area contributed by atoms with E-state index in [-0.39, 0.29) is 11.9 Å². The maximum atomic E-state index is 11.8. The molecule has 0 aromatic carbocycles. The van der Waals surface area contributed by atoms with E-state index in [2.05, 4.69) is 10.3 Å². The van der Waals surface area contributed by atoms with Crippen LogP contribution in [0.4, 0.5) is 0 Å². The summed E-state index contributed by atoms with van der Waals surface area (Å²) < 4.78 is 4.92. The Balaban J connectivity index is 2.77. The van der Waals surface area contributed by atoms with Crippen molar-refractivity contribution in [1.29, 1.82) is 5.26 Å². The number of ether oxygens (including phenoxy) is 1. The molecule has 1 amide bonds. The second-order valence-electron chi connectivity index (χ2n) is 3.77. The van der Waals surface area contributed by atoms with Crippen molar-refractivity contribution in [3.63, 3.8) is 0 Å². The second-order valence-corrected chi connectivity index (χ2v) is 3.77. The van der Waals surface area contributed by atoms with Gasteiger partial charge in [0.25, 0.3) is 5.91 Å². The zero-order chi connectivity index (χ0) is 12.8. The van der Waals surface area contributed by atoms with E-state index in [0.29, 0.717) is 23.6 Å². The Labute approximate surface area is 100 Å². The van der Waals surface area contributed by atoms with Crippen molar-refractivity contribution in [2.45, 2.75) is 19.9 Å². The molecule has 1 unspecified atom stereocenters. The van der Waals surface area contributed by atoms with Gasteiger partial charge in [0.15, 0.2) is 0 Å². The van der Waals surface area contributed by atoms with Crippen LogP contribution >= 0.6 is 0 Å². The Hall–Kier alpha value is -1.93. The van der Waals surface area contributed by atoms with E-state index < -0.39 is 0 Å². The van der Waals surface area contributed by atoms with Gasteiger partial charge in [-0.3, -0.25) is 4.79 Å². The summed E-state index contributed by atoms with van der Waals surface area (Å²) in [7, 11) is 1.58. The maximum Gasteiger partial charge on any atom is 0.270 e. The van der Waals surface area contributed by atoms with Crippen LogP contribution in [0, 0.1) is 18.3 Å². The molecule has 1 aromatic rings. The van der Waals surface area contributed by atoms with Crippen LogP contribution in [0.5, 0.6) is 0 Å². The van der Waals surface area contributed by atoms with Crippen molar-refractivity contribution in [1.82, 2.24) is 10.3 Å². The Bertz CT molecular complexity index is 452. The number of carbonyl (C=O) groups excluding carboxylic acids is 1. The van der Waals surface area contributed by atoms with E-state index in [1.54, 1.807) is 26.2 Å². The molecule has 0 saturated carbocycles. The monoisotopic (exact) mass is 233 g/mol. The summed E-state index contributed by atoms with van der Waals surface area (Å²) in [5.41, 5.74) is 1.34. The van der Waals surface area contributed by atoms with E-state index in [1.807, 2.05) is 13.0 Å². The van der Waals surface area contributed by atoms with Crippen molar-refractivity contribution in [2.75, 3.05) is 13.7 Å². The lowest BCUT2D eigenvalue weighted by atomic mass is 10.2. The Morgan fingerprint density at radius 3 is 2.88 bits per heavy atom. The Morgan fingerprint density at radius 2 is 2.35 bits per heavy atom. The molecule has 0 saturated heterocycles. The van der Waals surface area contributed by atoms with Gasteiger partial charge in [-0.15, -0.1) is 0 Å². The molecule has 90 valence electrons. The predicted molar refractivity (Wildman–Crippen MR) is 62.5 cm³/mol. The molecule has 0 fully saturated rings. The van der Waals surface area contributed by atoms with Crippen LogP contribution in [0.3, 0.4) is 0 Å². The molecule has 5 nitrogen and oxygen atoms in total. The fourth-order valence-corrected chi connectivity index (χ4v) is 1.40. The predicted octanol–water partition coefficient (Wildman–Crippen LogP) is 1.03. The number of aryl methyl sites for hydroxylation is 1. The minimum absolute atomic E-state index is 0.0785. The lowest BCUT2D eigenvalue weighted by molar-refractivity contribution is 0.0900. The fourth-order valence-electron chi connectivity index (χ4n) is 1.40. The average Bonchev–Trinajstić information content (AvgIpc) is 2.29. The summed E-state index contributed by atoms with van der Waals surface area (Å²) in [6.45, 7) is 3.99. The number of nitriles is 1. The maximum absolute atomic E-state index is 11.8. The van der Waals surface area contributed by atoms with E-state index >= 15 is 0 Å². The van der Waals surface area contributed by atoms with Gasteiger partial charge in [-0.2, -0.15) is 5.26 Å². The van der Waals surface area contributed by atoms with Gasteiger partial charge in [-0.1, -0.05) is 0 Å². The molecule has 0 radical (unpaired) electrons. The first-order chi connectivity index (χ1) is 8.08. The van der Waals surface area contributed by atoms with Crippen molar-refractivity contribution in [3.8, 4) is 6.07 Å². The summed E-state index contributed by atoms with van der Waals surface area (Å²) >= 11 is 0. The standard InChI is InChI=1S/C12H15N3O2/c1-8(7-17-3)14-12(16)11-5-4-10(6-13)9(2)15-11/h4-5,8H,7H2,1-3H3,(H,14,16). The van der Waals surface area contributed by atoms with Crippen molar-refractivity contribution in [3.05, 3.63) is 29.1 Å². The smallest absolute Gasteiger partial charge is 0.270 e. The zero-order valence-electron chi connectivity index (χ0n) is 10.2. The first-order valence-corrected chi connectivity index (χ1v) is 5.26. The van der Waals surface area contributed by atoms with Crippen LogP contribution < -0.4 is 5.32 Å². The highest BCUT2D eigenvalue weighted by Gasteiger charge is 2.12. The summed E-state index contributed by atoms with van der Waals surface area (Å²) in [4.78, 5) is 15.9. The van der Waals surface area contributed by atoms with E-state index in [1.165, 1.54) is 0 Å². The molecule has 1 heterocycles. The van der Waals surface area contributed by atoms with Gasteiger partial charge < -0.3 is 10.1 Å².